The monoisotopic (exact) mass is 398 g/mol. The van der Waals surface area contributed by atoms with Gasteiger partial charge < -0.3 is 15.0 Å². The van der Waals surface area contributed by atoms with Crippen molar-refractivity contribution in [3.63, 3.8) is 0 Å². The molecule has 2 aliphatic rings. The first-order valence-electron chi connectivity index (χ1n) is 8.78. The summed E-state index contributed by atoms with van der Waals surface area (Å²) in [5.41, 5.74) is 1.98. The Bertz CT molecular complexity index is 708. The third-order valence-electron chi connectivity index (χ3n) is 4.92. The Labute approximate surface area is 165 Å². The number of carbonyl (C=O) groups is 2. The van der Waals surface area contributed by atoms with Gasteiger partial charge >= 0.3 is 0 Å². The van der Waals surface area contributed by atoms with Gasteiger partial charge in [0.05, 0.1) is 25.2 Å². The largest absolute Gasteiger partial charge is 0.377 e. The van der Waals surface area contributed by atoms with Gasteiger partial charge in [-0.1, -0.05) is 31.0 Å². The van der Waals surface area contributed by atoms with E-state index in [0.717, 1.165) is 18.4 Å². The van der Waals surface area contributed by atoms with Gasteiger partial charge in [-0.15, -0.1) is 12.4 Å². The van der Waals surface area contributed by atoms with Crippen LogP contribution in [-0.2, 0) is 9.53 Å². The maximum atomic E-state index is 13.2. The molecule has 2 atom stereocenters. The lowest BCUT2D eigenvalue weighted by Crippen LogP contribution is -2.50. The average molecular weight is 399 g/mol. The maximum absolute atomic E-state index is 13.2. The molecule has 0 spiro atoms. The van der Waals surface area contributed by atoms with Crippen molar-refractivity contribution < 1.29 is 14.3 Å². The SMILES string of the molecule is CCCC(=N)CC1COCCN1C(=O)C1CC(=O)c2cc(Cl)ccc21.Cl. The highest BCUT2D eigenvalue weighted by Crippen LogP contribution is 2.36. The second kappa shape index (κ2) is 8.98. The number of amides is 1. The third kappa shape index (κ3) is 4.27. The first kappa shape index (κ1) is 20.9. The molecule has 3 rings (SSSR count). The molecule has 1 heterocycles. The van der Waals surface area contributed by atoms with Crippen LogP contribution in [0.25, 0.3) is 0 Å². The van der Waals surface area contributed by atoms with Gasteiger partial charge in [-0.05, 0) is 24.1 Å². The molecule has 0 aromatic heterocycles. The number of carbonyl (C=O) groups excluding carboxylic acids is 2. The van der Waals surface area contributed by atoms with Crippen LogP contribution in [0.5, 0.6) is 0 Å². The zero-order valence-corrected chi connectivity index (χ0v) is 16.4. The van der Waals surface area contributed by atoms with Crippen LogP contribution < -0.4 is 0 Å². The predicted octanol–water partition coefficient (Wildman–Crippen LogP) is 3.87. The summed E-state index contributed by atoms with van der Waals surface area (Å²) in [4.78, 5) is 27.2. The zero-order chi connectivity index (χ0) is 18.0. The number of morpholine rings is 1. The maximum Gasteiger partial charge on any atom is 0.231 e. The van der Waals surface area contributed by atoms with Gasteiger partial charge in [-0.2, -0.15) is 0 Å². The number of rotatable bonds is 5. The van der Waals surface area contributed by atoms with E-state index in [4.69, 9.17) is 21.7 Å². The van der Waals surface area contributed by atoms with Crippen molar-refractivity contribution in [1.29, 1.82) is 5.41 Å². The second-order valence-corrected chi connectivity index (χ2v) is 7.17. The third-order valence-corrected chi connectivity index (χ3v) is 5.16. The minimum atomic E-state index is -0.444. The van der Waals surface area contributed by atoms with Crippen molar-refractivity contribution in [1.82, 2.24) is 4.90 Å². The molecule has 0 radical (unpaired) electrons. The van der Waals surface area contributed by atoms with Crippen molar-refractivity contribution in [2.75, 3.05) is 19.8 Å². The van der Waals surface area contributed by atoms with Gasteiger partial charge in [0.2, 0.25) is 5.91 Å². The van der Waals surface area contributed by atoms with Crippen LogP contribution in [0.3, 0.4) is 0 Å². The van der Waals surface area contributed by atoms with E-state index in [0.29, 0.717) is 42.5 Å². The summed E-state index contributed by atoms with van der Waals surface area (Å²) in [5, 5.41) is 8.59. The molecule has 1 saturated heterocycles. The van der Waals surface area contributed by atoms with Crippen molar-refractivity contribution >= 4 is 41.4 Å². The fourth-order valence-electron chi connectivity index (χ4n) is 3.70. The number of benzene rings is 1. The minimum absolute atomic E-state index is 0. The van der Waals surface area contributed by atoms with Gasteiger partial charge in [0.25, 0.3) is 0 Å². The number of ether oxygens (including phenoxy) is 1. The smallest absolute Gasteiger partial charge is 0.231 e. The molecule has 1 aromatic carbocycles. The van der Waals surface area contributed by atoms with E-state index >= 15 is 0 Å². The topological polar surface area (TPSA) is 70.5 Å². The molecule has 7 heteroatoms. The fraction of sp³-hybridized carbons (Fsp3) is 0.526. The van der Waals surface area contributed by atoms with E-state index < -0.39 is 5.92 Å². The molecule has 2 unspecified atom stereocenters. The number of hydrogen-bond donors (Lipinski definition) is 1. The predicted molar refractivity (Wildman–Crippen MR) is 104 cm³/mol. The van der Waals surface area contributed by atoms with E-state index in [-0.39, 0.29) is 36.6 Å². The van der Waals surface area contributed by atoms with E-state index in [9.17, 15) is 9.59 Å². The highest BCUT2D eigenvalue weighted by atomic mass is 35.5. The van der Waals surface area contributed by atoms with Crippen LogP contribution in [0.15, 0.2) is 18.2 Å². The average Bonchev–Trinajstić information content (AvgIpc) is 2.91. The lowest BCUT2D eigenvalue weighted by Gasteiger charge is -2.37. The van der Waals surface area contributed by atoms with Crippen LogP contribution >= 0.6 is 24.0 Å². The number of nitrogens with one attached hydrogen (secondary N) is 1. The minimum Gasteiger partial charge on any atom is -0.377 e. The van der Waals surface area contributed by atoms with Crippen molar-refractivity contribution in [2.24, 2.45) is 0 Å². The number of Topliss-reactive ketones (excluding diaryl/α,β-unsaturated/α-hetero) is 1. The molecule has 5 nitrogen and oxygen atoms in total. The van der Waals surface area contributed by atoms with Crippen LogP contribution in [-0.4, -0.2) is 48.1 Å². The molecule has 1 aliphatic carbocycles. The lowest BCUT2D eigenvalue weighted by molar-refractivity contribution is -0.141. The van der Waals surface area contributed by atoms with Gasteiger partial charge in [0.15, 0.2) is 5.78 Å². The molecule has 1 amide bonds. The number of hydrogen-bond acceptors (Lipinski definition) is 4. The van der Waals surface area contributed by atoms with E-state index in [1.54, 1.807) is 18.2 Å². The summed E-state index contributed by atoms with van der Waals surface area (Å²) in [6.07, 6.45) is 2.39. The summed E-state index contributed by atoms with van der Waals surface area (Å²) in [7, 11) is 0. The molecular formula is C19H24Cl2N2O3. The summed E-state index contributed by atoms with van der Waals surface area (Å²) >= 11 is 5.99. The van der Waals surface area contributed by atoms with Gasteiger partial charge in [0, 0.05) is 35.7 Å². The quantitative estimate of drug-likeness (QED) is 0.765. The number of halogens is 2. The summed E-state index contributed by atoms with van der Waals surface area (Å²) in [5.74, 6) is -0.507. The van der Waals surface area contributed by atoms with Gasteiger partial charge in [-0.25, -0.2) is 0 Å². The highest BCUT2D eigenvalue weighted by Gasteiger charge is 2.39. The van der Waals surface area contributed by atoms with Crippen LogP contribution in [0.4, 0.5) is 0 Å². The normalized spacial score (nSPS) is 21.9. The fourth-order valence-corrected chi connectivity index (χ4v) is 3.87. The van der Waals surface area contributed by atoms with E-state index in [1.807, 2.05) is 11.8 Å². The second-order valence-electron chi connectivity index (χ2n) is 6.73. The number of ketones is 1. The first-order chi connectivity index (χ1) is 12.0. The van der Waals surface area contributed by atoms with Crippen LogP contribution in [0.2, 0.25) is 5.02 Å². The van der Waals surface area contributed by atoms with Crippen LogP contribution in [0.1, 0.15) is 54.4 Å². The molecule has 0 bridgehead atoms. The van der Waals surface area contributed by atoms with Gasteiger partial charge in [-0.3, -0.25) is 9.59 Å². The first-order valence-corrected chi connectivity index (χ1v) is 9.16. The van der Waals surface area contributed by atoms with E-state index in [2.05, 4.69) is 0 Å². The highest BCUT2D eigenvalue weighted by molar-refractivity contribution is 6.31. The molecule has 1 aliphatic heterocycles. The van der Waals surface area contributed by atoms with Crippen LogP contribution in [0, 0.1) is 5.41 Å². The molecule has 142 valence electrons. The Morgan fingerprint density at radius 2 is 2.19 bits per heavy atom. The summed E-state index contributed by atoms with van der Waals surface area (Å²) < 4.78 is 5.54. The molecule has 0 saturated carbocycles. The molecular weight excluding hydrogens is 375 g/mol. The number of fused-ring (bicyclic) bond motifs is 1. The Kier molecular flexibility index (Phi) is 7.21. The molecule has 26 heavy (non-hydrogen) atoms. The Morgan fingerprint density at radius 1 is 1.42 bits per heavy atom. The van der Waals surface area contributed by atoms with Crippen molar-refractivity contribution in [2.45, 2.75) is 44.6 Å². The standard InChI is InChI=1S/C19H23ClN2O3.ClH/c1-2-3-13(21)9-14-11-25-7-6-22(14)19(24)17-10-18(23)16-8-12(20)4-5-15(16)17;/h4-5,8,14,17,21H,2-3,6-7,9-11H2,1H3;1H. The van der Waals surface area contributed by atoms with Crippen molar-refractivity contribution in [3.8, 4) is 0 Å². The molecule has 1 fully saturated rings. The van der Waals surface area contributed by atoms with Gasteiger partial charge in [0.1, 0.15) is 0 Å². The lowest BCUT2D eigenvalue weighted by atomic mass is 9.97. The molecule has 1 aromatic rings. The zero-order valence-electron chi connectivity index (χ0n) is 14.8. The Hall–Kier alpha value is -1.43. The number of nitrogens with zero attached hydrogens (tertiary/aromatic N) is 1. The summed E-state index contributed by atoms with van der Waals surface area (Å²) in [6, 6.07) is 5.05. The van der Waals surface area contributed by atoms with Crippen molar-refractivity contribution in [3.05, 3.63) is 34.3 Å². The molecule has 1 N–H and O–H groups in total. The summed E-state index contributed by atoms with van der Waals surface area (Å²) in [6.45, 7) is 3.50. The Morgan fingerprint density at radius 3 is 2.92 bits per heavy atom. The van der Waals surface area contributed by atoms with E-state index in [1.165, 1.54) is 0 Å². The Balaban J connectivity index is 0.00000243.